The maximum Gasteiger partial charge on any atom is 0.417 e. The number of rotatable bonds is 6. The Morgan fingerprint density at radius 3 is 2.47 bits per heavy atom. The molecule has 0 radical (unpaired) electrons. The molecule has 30 heavy (non-hydrogen) atoms. The average molecular weight is 445 g/mol. The molecule has 1 atom stereocenters. The van der Waals surface area contributed by atoms with Gasteiger partial charge >= 0.3 is 6.18 Å². The number of H-pyrrole nitrogens is 1. The average Bonchev–Trinajstić information content (AvgIpc) is 3.01. The van der Waals surface area contributed by atoms with Gasteiger partial charge in [0.1, 0.15) is 17.4 Å². The summed E-state index contributed by atoms with van der Waals surface area (Å²) in [5.74, 6) is -0.401. The van der Waals surface area contributed by atoms with Gasteiger partial charge in [0.25, 0.3) is 0 Å². The number of methoxy groups -OCH3 is 1. The number of ether oxygens (including phenoxy) is 1. The summed E-state index contributed by atoms with van der Waals surface area (Å²) in [7, 11) is 1.35. The van der Waals surface area contributed by atoms with E-state index in [1.54, 1.807) is 18.2 Å². The van der Waals surface area contributed by atoms with Gasteiger partial charge in [0.2, 0.25) is 0 Å². The number of aromatic amines is 1. The van der Waals surface area contributed by atoms with Crippen LogP contribution in [-0.4, -0.2) is 34.0 Å². The van der Waals surface area contributed by atoms with E-state index in [1.165, 1.54) is 27.0 Å². The third-order valence-electron chi connectivity index (χ3n) is 5.11. The van der Waals surface area contributed by atoms with E-state index >= 15 is 0 Å². The van der Waals surface area contributed by atoms with Gasteiger partial charge in [0, 0.05) is 17.0 Å². The molecule has 1 aromatic heterocycles. The predicted molar refractivity (Wildman–Crippen MR) is 106 cm³/mol. The first-order chi connectivity index (χ1) is 13.8. The van der Waals surface area contributed by atoms with Gasteiger partial charge in [-0.05, 0) is 48.2 Å². The Labute approximate surface area is 175 Å². The van der Waals surface area contributed by atoms with Crippen LogP contribution < -0.4 is 4.74 Å². The van der Waals surface area contributed by atoms with Crippen molar-refractivity contribution >= 4 is 22.6 Å². The Morgan fingerprint density at radius 2 is 1.83 bits per heavy atom. The minimum absolute atomic E-state index is 0.0332. The molecule has 0 aliphatic heterocycles. The number of nitrogens with one attached hydrogen (secondary N) is 1. The number of fused-ring (bicyclic) bond motifs is 1. The zero-order valence-corrected chi connectivity index (χ0v) is 17.3. The topological polar surface area (TPSA) is 58.1 Å². The van der Waals surface area contributed by atoms with Gasteiger partial charge < -0.3 is 14.8 Å². The standard InChI is InChI=1S/C21H21ClF4N2O2/c1-19(2,14-9-13(23)5-7-17(14)30-3)11-20(29,21(24,25)26)10-18-27-15-6-4-12(22)8-16(15)28-18/h4-9,29H,10-11H2,1-3H3,(H,27,28). The van der Waals surface area contributed by atoms with Gasteiger partial charge in [-0.3, -0.25) is 0 Å². The van der Waals surface area contributed by atoms with E-state index in [4.69, 9.17) is 16.3 Å². The molecule has 3 aromatic rings. The van der Waals surface area contributed by atoms with Crippen LogP contribution in [0.25, 0.3) is 11.0 Å². The molecule has 1 unspecified atom stereocenters. The SMILES string of the molecule is COc1ccc(F)cc1C(C)(C)CC(O)(Cc1nc2ccc(Cl)cc2[nH]1)C(F)(F)F. The van der Waals surface area contributed by atoms with Crippen LogP contribution in [0.3, 0.4) is 0 Å². The molecule has 0 spiro atoms. The fourth-order valence-corrected chi connectivity index (χ4v) is 3.87. The molecule has 2 N–H and O–H groups in total. The van der Waals surface area contributed by atoms with Crippen molar-refractivity contribution in [2.75, 3.05) is 7.11 Å². The Kier molecular flexibility index (Phi) is 5.77. The lowest BCUT2D eigenvalue weighted by molar-refractivity contribution is -0.266. The lowest BCUT2D eigenvalue weighted by Crippen LogP contribution is -2.51. The monoisotopic (exact) mass is 444 g/mol. The lowest BCUT2D eigenvalue weighted by atomic mass is 9.73. The molecule has 1 heterocycles. The molecular weight excluding hydrogens is 424 g/mol. The van der Waals surface area contributed by atoms with E-state index in [1.807, 2.05) is 0 Å². The molecule has 3 rings (SSSR count). The molecule has 0 bridgehead atoms. The van der Waals surface area contributed by atoms with Crippen molar-refractivity contribution in [3.05, 3.63) is 58.6 Å². The van der Waals surface area contributed by atoms with Gasteiger partial charge in [0.15, 0.2) is 5.60 Å². The number of benzene rings is 2. The first-order valence-electron chi connectivity index (χ1n) is 9.12. The van der Waals surface area contributed by atoms with Gasteiger partial charge in [-0.2, -0.15) is 13.2 Å². The molecule has 4 nitrogen and oxygen atoms in total. The molecule has 2 aromatic carbocycles. The van der Waals surface area contributed by atoms with Gasteiger partial charge in [-0.15, -0.1) is 0 Å². The number of hydrogen-bond donors (Lipinski definition) is 2. The number of nitrogens with zero attached hydrogens (tertiary/aromatic N) is 1. The number of halogens is 5. The highest BCUT2D eigenvalue weighted by molar-refractivity contribution is 6.31. The maximum atomic E-state index is 14.0. The van der Waals surface area contributed by atoms with E-state index in [0.29, 0.717) is 16.1 Å². The molecule has 162 valence electrons. The Hall–Kier alpha value is -2.32. The third kappa shape index (κ3) is 4.39. The van der Waals surface area contributed by atoms with Crippen molar-refractivity contribution in [3.63, 3.8) is 0 Å². The molecule has 0 saturated carbocycles. The van der Waals surface area contributed by atoms with E-state index < -0.39 is 35.9 Å². The van der Waals surface area contributed by atoms with E-state index in [0.717, 1.165) is 12.1 Å². The highest BCUT2D eigenvalue weighted by Crippen LogP contribution is 2.45. The fraction of sp³-hybridized carbons (Fsp3) is 0.381. The normalized spacial score (nSPS) is 14.7. The van der Waals surface area contributed by atoms with Crippen LogP contribution in [0.1, 0.15) is 31.7 Å². The zero-order valence-electron chi connectivity index (χ0n) is 16.6. The number of aliphatic hydroxyl groups is 1. The van der Waals surface area contributed by atoms with Crippen LogP contribution in [0.2, 0.25) is 5.02 Å². The van der Waals surface area contributed by atoms with Crippen molar-refractivity contribution in [3.8, 4) is 5.75 Å². The molecule has 0 saturated heterocycles. The number of aromatic nitrogens is 2. The molecule has 0 amide bonds. The predicted octanol–water partition coefficient (Wildman–Crippen LogP) is 5.57. The van der Waals surface area contributed by atoms with Gasteiger partial charge in [0.05, 0.1) is 18.1 Å². The maximum absolute atomic E-state index is 14.0. The molecule has 9 heteroatoms. The van der Waals surface area contributed by atoms with Crippen LogP contribution in [0.5, 0.6) is 5.75 Å². The van der Waals surface area contributed by atoms with E-state index in [9.17, 15) is 22.7 Å². The zero-order chi connectivity index (χ0) is 22.3. The smallest absolute Gasteiger partial charge is 0.417 e. The summed E-state index contributed by atoms with van der Waals surface area (Å²) in [6, 6.07) is 8.33. The second-order valence-corrected chi connectivity index (χ2v) is 8.39. The number of alkyl halides is 3. The van der Waals surface area contributed by atoms with Gasteiger partial charge in [-0.25, -0.2) is 9.37 Å². The molecule has 0 fully saturated rings. The van der Waals surface area contributed by atoms with E-state index in [-0.39, 0.29) is 17.1 Å². The van der Waals surface area contributed by atoms with Crippen LogP contribution in [-0.2, 0) is 11.8 Å². The van der Waals surface area contributed by atoms with E-state index in [2.05, 4.69) is 9.97 Å². The molecule has 0 aliphatic rings. The minimum Gasteiger partial charge on any atom is -0.496 e. The second kappa shape index (κ2) is 7.74. The minimum atomic E-state index is -4.96. The third-order valence-corrected chi connectivity index (χ3v) is 5.34. The summed E-state index contributed by atoms with van der Waals surface area (Å²) in [6.07, 6.45) is -6.49. The Bertz CT molecular complexity index is 1060. The number of hydrogen-bond acceptors (Lipinski definition) is 3. The quantitative estimate of drug-likeness (QED) is 0.489. The summed E-state index contributed by atoms with van der Waals surface area (Å²) in [4.78, 5) is 6.93. The first kappa shape index (κ1) is 22.4. The number of imidazole rings is 1. The molecule has 0 aliphatic carbocycles. The summed E-state index contributed by atoms with van der Waals surface area (Å²) in [6.45, 7) is 3.00. The highest BCUT2D eigenvalue weighted by atomic mass is 35.5. The van der Waals surface area contributed by atoms with Crippen LogP contribution in [0, 0.1) is 5.82 Å². The summed E-state index contributed by atoms with van der Waals surface area (Å²) in [5.41, 5.74) is -3.26. The van der Waals surface area contributed by atoms with Crippen LogP contribution in [0.15, 0.2) is 36.4 Å². The fourth-order valence-electron chi connectivity index (χ4n) is 3.69. The lowest BCUT2D eigenvalue weighted by Gasteiger charge is -2.38. The highest BCUT2D eigenvalue weighted by Gasteiger charge is 2.56. The van der Waals surface area contributed by atoms with Gasteiger partial charge in [-0.1, -0.05) is 25.4 Å². The van der Waals surface area contributed by atoms with Crippen molar-refractivity contribution in [1.29, 1.82) is 0 Å². The Balaban J connectivity index is 1.99. The molecular formula is C21H21ClF4N2O2. The van der Waals surface area contributed by atoms with Crippen molar-refractivity contribution in [1.82, 2.24) is 9.97 Å². The largest absolute Gasteiger partial charge is 0.496 e. The Morgan fingerprint density at radius 1 is 1.13 bits per heavy atom. The van der Waals surface area contributed by atoms with Crippen molar-refractivity contribution in [2.24, 2.45) is 0 Å². The van der Waals surface area contributed by atoms with Crippen LogP contribution >= 0.6 is 11.6 Å². The second-order valence-electron chi connectivity index (χ2n) is 7.96. The summed E-state index contributed by atoms with van der Waals surface area (Å²) < 4.78 is 61.0. The van der Waals surface area contributed by atoms with Crippen LogP contribution in [0.4, 0.5) is 17.6 Å². The van der Waals surface area contributed by atoms with Crippen molar-refractivity contribution < 1.29 is 27.4 Å². The van der Waals surface area contributed by atoms with Crippen molar-refractivity contribution in [2.45, 2.75) is 43.9 Å². The first-order valence-corrected chi connectivity index (χ1v) is 9.50. The summed E-state index contributed by atoms with van der Waals surface area (Å²) >= 11 is 5.91. The summed E-state index contributed by atoms with van der Waals surface area (Å²) in [5, 5.41) is 11.2.